The monoisotopic (exact) mass is 299 g/mol. The molecule has 0 atom stereocenters. The zero-order chi connectivity index (χ0) is 15.0. The fourth-order valence-electron chi connectivity index (χ4n) is 2.67. The molecular weight excluding hydrogens is 282 g/mol. The number of likely N-dealkylation sites (N-methyl/N-ethyl adjacent to an activating group) is 1. The van der Waals surface area contributed by atoms with Crippen molar-refractivity contribution in [2.75, 3.05) is 6.54 Å². The van der Waals surface area contributed by atoms with Crippen molar-refractivity contribution in [3.05, 3.63) is 41.7 Å². The molecule has 1 aliphatic rings. The first-order valence-corrected chi connectivity index (χ1v) is 7.49. The molecule has 1 aromatic carbocycles. The Hall–Kier alpha value is -2.14. The first-order chi connectivity index (χ1) is 10.2. The van der Waals surface area contributed by atoms with Gasteiger partial charge < -0.3 is 9.88 Å². The van der Waals surface area contributed by atoms with Gasteiger partial charge in [-0.1, -0.05) is 18.2 Å². The molecule has 0 radical (unpaired) electrons. The van der Waals surface area contributed by atoms with E-state index >= 15 is 0 Å². The average Bonchev–Trinajstić information content (AvgIpc) is 2.98. The highest BCUT2D eigenvalue weighted by atomic mass is 32.1. The summed E-state index contributed by atoms with van der Waals surface area (Å²) in [5.74, 6) is -0.0594. The van der Waals surface area contributed by atoms with Gasteiger partial charge in [0.25, 0.3) is 5.91 Å². The van der Waals surface area contributed by atoms with Crippen LogP contribution in [0.2, 0.25) is 0 Å². The van der Waals surface area contributed by atoms with Crippen LogP contribution in [0.4, 0.5) is 0 Å². The molecule has 1 aromatic heterocycles. The summed E-state index contributed by atoms with van der Waals surface area (Å²) >= 11 is 5.18. The Morgan fingerprint density at radius 1 is 1.24 bits per heavy atom. The summed E-state index contributed by atoms with van der Waals surface area (Å²) in [6.45, 7) is 5.50. The lowest BCUT2D eigenvalue weighted by atomic mass is 10.1. The zero-order valence-corrected chi connectivity index (χ0v) is 12.9. The van der Waals surface area contributed by atoms with Crippen LogP contribution in [-0.2, 0) is 11.3 Å². The van der Waals surface area contributed by atoms with Crippen molar-refractivity contribution in [1.29, 1.82) is 0 Å². The summed E-state index contributed by atoms with van der Waals surface area (Å²) < 4.78 is 2.18. The largest absolute Gasteiger partial charge is 0.347 e. The van der Waals surface area contributed by atoms with Gasteiger partial charge in [0.15, 0.2) is 5.11 Å². The molecule has 1 saturated heterocycles. The van der Waals surface area contributed by atoms with Crippen LogP contribution in [0.15, 0.2) is 36.2 Å². The van der Waals surface area contributed by atoms with Gasteiger partial charge in [0.2, 0.25) is 0 Å². The second-order valence-electron chi connectivity index (χ2n) is 4.93. The fraction of sp³-hybridized carbons (Fsp3) is 0.250. The van der Waals surface area contributed by atoms with Gasteiger partial charge in [-0.3, -0.25) is 9.69 Å². The van der Waals surface area contributed by atoms with Crippen molar-refractivity contribution < 1.29 is 4.79 Å². The number of amides is 1. The normalized spacial score (nSPS) is 17.0. The number of nitrogens with zero attached hydrogens (tertiary/aromatic N) is 2. The molecule has 1 aliphatic heterocycles. The minimum absolute atomic E-state index is 0.0594. The Labute approximate surface area is 129 Å². The molecule has 1 amide bonds. The topological polar surface area (TPSA) is 37.3 Å². The third kappa shape index (κ3) is 2.23. The van der Waals surface area contributed by atoms with Crippen molar-refractivity contribution in [3.63, 3.8) is 0 Å². The van der Waals surface area contributed by atoms with Crippen LogP contribution in [0, 0.1) is 0 Å². The Kier molecular flexibility index (Phi) is 3.51. The summed E-state index contributed by atoms with van der Waals surface area (Å²) in [6, 6.07) is 8.20. The lowest BCUT2D eigenvalue weighted by Gasteiger charge is -2.08. The second-order valence-corrected chi connectivity index (χ2v) is 5.31. The Balaban J connectivity index is 2.08. The van der Waals surface area contributed by atoms with Crippen molar-refractivity contribution in [1.82, 2.24) is 14.8 Å². The second kappa shape index (κ2) is 5.33. The number of carbonyl (C=O) groups excluding carboxylic acids is 1. The van der Waals surface area contributed by atoms with Gasteiger partial charge in [-0.2, -0.15) is 0 Å². The van der Waals surface area contributed by atoms with Gasteiger partial charge in [0, 0.05) is 35.8 Å². The van der Waals surface area contributed by atoms with E-state index in [0.717, 1.165) is 17.5 Å². The number of benzene rings is 1. The van der Waals surface area contributed by atoms with E-state index in [2.05, 4.69) is 35.1 Å². The standard InChI is InChI=1S/C16H17N3OS/c1-3-18-10-11(12-7-5-6-8-14(12)18)9-13-15(20)19(4-2)16(21)17-13/h5-10H,3-4H2,1-2H3,(H,17,21)/b13-9-. The van der Waals surface area contributed by atoms with Gasteiger partial charge in [-0.25, -0.2) is 0 Å². The number of aromatic nitrogens is 1. The highest BCUT2D eigenvalue weighted by molar-refractivity contribution is 7.80. The van der Waals surface area contributed by atoms with E-state index in [1.54, 1.807) is 4.90 Å². The molecule has 2 heterocycles. The summed E-state index contributed by atoms with van der Waals surface area (Å²) in [6.07, 6.45) is 3.96. The van der Waals surface area contributed by atoms with E-state index in [-0.39, 0.29) is 5.91 Å². The lowest BCUT2D eigenvalue weighted by molar-refractivity contribution is -0.122. The minimum Gasteiger partial charge on any atom is -0.347 e. The van der Waals surface area contributed by atoms with Crippen LogP contribution >= 0.6 is 12.2 Å². The van der Waals surface area contributed by atoms with Crippen molar-refractivity contribution in [2.24, 2.45) is 0 Å². The maximum atomic E-state index is 12.3. The smallest absolute Gasteiger partial charge is 0.276 e. The highest BCUT2D eigenvalue weighted by Gasteiger charge is 2.29. The van der Waals surface area contributed by atoms with Gasteiger partial charge >= 0.3 is 0 Å². The van der Waals surface area contributed by atoms with E-state index < -0.39 is 0 Å². The van der Waals surface area contributed by atoms with Gasteiger partial charge in [-0.15, -0.1) is 0 Å². The molecule has 0 aliphatic carbocycles. The molecule has 4 nitrogen and oxygen atoms in total. The summed E-state index contributed by atoms with van der Waals surface area (Å²) in [5.41, 5.74) is 2.75. The maximum absolute atomic E-state index is 12.3. The number of carbonyl (C=O) groups is 1. The molecule has 21 heavy (non-hydrogen) atoms. The summed E-state index contributed by atoms with van der Waals surface area (Å²) in [5, 5.41) is 4.63. The Morgan fingerprint density at radius 3 is 2.67 bits per heavy atom. The molecular formula is C16H17N3OS. The molecule has 0 spiro atoms. The number of rotatable bonds is 3. The molecule has 1 fully saturated rings. The number of aryl methyl sites for hydroxylation is 1. The van der Waals surface area contributed by atoms with E-state index in [4.69, 9.17) is 12.2 Å². The molecule has 0 saturated carbocycles. The molecule has 108 valence electrons. The number of nitrogens with one attached hydrogen (secondary N) is 1. The molecule has 3 rings (SSSR count). The maximum Gasteiger partial charge on any atom is 0.276 e. The van der Waals surface area contributed by atoms with Crippen LogP contribution in [0.1, 0.15) is 19.4 Å². The van der Waals surface area contributed by atoms with E-state index in [0.29, 0.717) is 17.4 Å². The van der Waals surface area contributed by atoms with Crippen LogP contribution < -0.4 is 5.32 Å². The predicted molar refractivity (Wildman–Crippen MR) is 88.7 cm³/mol. The highest BCUT2D eigenvalue weighted by Crippen LogP contribution is 2.24. The number of hydrogen-bond donors (Lipinski definition) is 1. The Bertz CT molecular complexity index is 760. The lowest BCUT2D eigenvalue weighted by Crippen LogP contribution is -2.30. The number of thiocarbonyl (C=S) groups is 1. The van der Waals surface area contributed by atoms with Crippen LogP contribution in [0.25, 0.3) is 17.0 Å². The van der Waals surface area contributed by atoms with Crippen molar-refractivity contribution in [2.45, 2.75) is 20.4 Å². The molecule has 1 N–H and O–H groups in total. The molecule has 0 unspecified atom stereocenters. The van der Waals surface area contributed by atoms with Crippen molar-refractivity contribution >= 4 is 40.2 Å². The number of fused-ring (bicyclic) bond motifs is 1. The van der Waals surface area contributed by atoms with Crippen LogP contribution in [0.5, 0.6) is 0 Å². The molecule has 0 bridgehead atoms. The average molecular weight is 299 g/mol. The van der Waals surface area contributed by atoms with E-state index in [1.807, 2.05) is 25.1 Å². The zero-order valence-electron chi connectivity index (χ0n) is 12.1. The fourth-order valence-corrected chi connectivity index (χ4v) is 2.99. The van der Waals surface area contributed by atoms with E-state index in [1.165, 1.54) is 5.52 Å². The number of para-hydroxylation sites is 1. The first kappa shape index (κ1) is 13.8. The minimum atomic E-state index is -0.0594. The van der Waals surface area contributed by atoms with Gasteiger partial charge in [0.05, 0.1) is 0 Å². The number of hydrogen-bond acceptors (Lipinski definition) is 2. The summed E-state index contributed by atoms with van der Waals surface area (Å²) in [7, 11) is 0. The van der Waals surface area contributed by atoms with Crippen LogP contribution in [0.3, 0.4) is 0 Å². The van der Waals surface area contributed by atoms with Crippen LogP contribution in [-0.4, -0.2) is 27.0 Å². The third-order valence-electron chi connectivity index (χ3n) is 3.74. The molecule has 5 heteroatoms. The Morgan fingerprint density at radius 2 is 2.00 bits per heavy atom. The quantitative estimate of drug-likeness (QED) is 0.699. The SMILES string of the molecule is CCN1C(=O)/C(=C/c2cn(CC)c3ccccc23)NC1=S. The van der Waals surface area contributed by atoms with Crippen molar-refractivity contribution in [3.8, 4) is 0 Å². The first-order valence-electron chi connectivity index (χ1n) is 7.08. The predicted octanol–water partition coefficient (Wildman–Crippen LogP) is 2.74. The van der Waals surface area contributed by atoms with E-state index in [9.17, 15) is 4.79 Å². The van der Waals surface area contributed by atoms with Gasteiger partial charge in [0.1, 0.15) is 5.70 Å². The molecule has 2 aromatic rings. The van der Waals surface area contributed by atoms with Gasteiger partial charge in [-0.05, 0) is 38.2 Å². The third-order valence-corrected chi connectivity index (χ3v) is 4.06. The summed E-state index contributed by atoms with van der Waals surface area (Å²) in [4.78, 5) is 13.8.